The molecule has 0 saturated heterocycles. The number of hydrogen-bond donors (Lipinski definition) is 2. The zero-order valence-corrected chi connectivity index (χ0v) is 19.7. The van der Waals surface area contributed by atoms with Crippen LogP contribution in [0.4, 0.5) is 11.5 Å². The van der Waals surface area contributed by atoms with Gasteiger partial charge in [-0.2, -0.15) is 0 Å². The summed E-state index contributed by atoms with van der Waals surface area (Å²) in [5.74, 6) is 2.13. The molecule has 0 radical (unpaired) electrons. The Labute approximate surface area is 202 Å². The molecule has 10 heteroatoms. The van der Waals surface area contributed by atoms with Crippen LogP contribution < -0.4 is 24.8 Å². The van der Waals surface area contributed by atoms with Gasteiger partial charge in [0, 0.05) is 12.3 Å². The van der Waals surface area contributed by atoms with Crippen LogP contribution in [0.5, 0.6) is 17.2 Å². The summed E-state index contributed by atoms with van der Waals surface area (Å²) >= 11 is 0. The van der Waals surface area contributed by atoms with Crippen LogP contribution in [0.15, 0.2) is 67.0 Å². The van der Waals surface area contributed by atoms with Gasteiger partial charge in [-0.15, -0.1) is 5.10 Å². The molecule has 35 heavy (non-hydrogen) atoms. The molecule has 4 aromatic rings. The van der Waals surface area contributed by atoms with Crippen LogP contribution in [0.3, 0.4) is 0 Å². The van der Waals surface area contributed by atoms with E-state index in [1.54, 1.807) is 68.7 Å². The minimum absolute atomic E-state index is 0.224. The maximum absolute atomic E-state index is 12.9. The first-order chi connectivity index (χ1) is 17.1. The standard InChI is InChI=1S/C25H26N6O4/c1-33-19-8-6-17(7-9-19)15-31-16-18(29-30-31)14-27-25(32)21-5-4-12-26-24(21)28-22-11-10-20(34-2)13-23(22)35-3/h4-13,16H,14-15H2,1-3H3,(H,26,28)(H,27,32). The highest BCUT2D eigenvalue weighted by Gasteiger charge is 2.15. The molecule has 0 fully saturated rings. The van der Waals surface area contributed by atoms with Crippen molar-refractivity contribution in [3.05, 3.63) is 83.8 Å². The van der Waals surface area contributed by atoms with E-state index in [-0.39, 0.29) is 12.5 Å². The summed E-state index contributed by atoms with van der Waals surface area (Å²) < 4.78 is 17.6. The van der Waals surface area contributed by atoms with Crippen LogP contribution in [-0.2, 0) is 13.1 Å². The number of benzene rings is 2. The zero-order chi connectivity index (χ0) is 24.6. The highest BCUT2D eigenvalue weighted by atomic mass is 16.5. The lowest BCUT2D eigenvalue weighted by molar-refractivity contribution is 0.0951. The van der Waals surface area contributed by atoms with E-state index in [1.165, 1.54) is 0 Å². The number of carbonyl (C=O) groups is 1. The summed E-state index contributed by atoms with van der Waals surface area (Å²) in [5, 5.41) is 14.3. The molecule has 4 rings (SSSR count). The maximum atomic E-state index is 12.9. The lowest BCUT2D eigenvalue weighted by Gasteiger charge is -2.14. The normalized spacial score (nSPS) is 10.5. The molecule has 2 aromatic heterocycles. The quantitative estimate of drug-likeness (QED) is 0.360. The lowest BCUT2D eigenvalue weighted by atomic mass is 10.2. The summed E-state index contributed by atoms with van der Waals surface area (Å²) in [6, 6.07) is 16.5. The Kier molecular flexibility index (Phi) is 7.41. The van der Waals surface area contributed by atoms with Crippen molar-refractivity contribution in [3.63, 3.8) is 0 Å². The number of ether oxygens (including phenoxy) is 3. The minimum Gasteiger partial charge on any atom is -0.497 e. The van der Waals surface area contributed by atoms with Crippen LogP contribution in [0, 0.1) is 0 Å². The maximum Gasteiger partial charge on any atom is 0.255 e. The fraction of sp³-hybridized carbons (Fsp3) is 0.200. The predicted molar refractivity (Wildman–Crippen MR) is 130 cm³/mol. The van der Waals surface area contributed by atoms with Gasteiger partial charge < -0.3 is 24.8 Å². The number of pyridine rings is 1. The summed E-state index contributed by atoms with van der Waals surface area (Å²) in [6.07, 6.45) is 3.41. The van der Waals surface area contributed by atoms with Crippen LogP contribution in [-0.4, -0.2) is 47.2 Å². The first-order valence-electron chi connectivity index (χ1n) is 10.8. The molecule has 10 nitrogen and oxygen atoms in total. The van der Waals surface area contributed by atoms with Gasteiger partial charge in [0.15, 0.2) is 0 Å². The molecule has 0 saturated carbocycles. The molecule has 0 unspecified atom stereocenters. The molecule has 0 aliphatic rings. The Bertz CT molecular complexity index is 1290. The third-order valence-electron chi connectivity index (χ3n) is 5.23. The fourth-order valence-corrected chi connectivity index (χ4v) is 3.40. The van der Waals surface area contributed by atoms with Crippen LogP contribution >= 0.6 is 0 Å². The van der Waals surface area contributed by atoms with Gasteiger partial charge in [0.25, 0.3) is 5.91 Å². The molecule has 2 heterocycles. The molecule has 0 aliphatic carbocycles. The lowest BCUT2D eigenvalue weighted by Crippen LogP contribution is -2.24. The highest BCUT2D eigenvalue weighted by Crippen LogP contribution is 2.31. The minimum atomic E-state index is -0.294. The Balaban J connectivity index is 1.40. The fourth-order valence-electron chi connectivity index (χ4n) is 3.40. The van der Waals surface area contributed by atoms with Crippen molar-refractivity contribution in [2.45, 2.75) is 13.1 Å². The third kappa shape index (κ3) is 5.85. The number of hydrogen-bond acceptors (Lipinski definition) is 8. The van der Waals surface area contributed by atoms with Crippen molar-refractivity contribution in [3.8, 4) is 17.2 Å². The van der Waals surface area contributed by atoms with Gasteiger partial charge in [-0.1, -0.05) is 17.3 Å². The molecular weight excluding hydrogens is 448 g/mol. The van der Waals surface area contributed by atoms with Crippen LogP contribution in [0.1, 0.15) is 21.6 Å². The van der Waals surface area contributed by atoms with Gasteiger partial charge in [0.2, 0.25) is 0 Å². The molecule has 180 valence electrons. The van der Waals surface area contributed by atoms with Crippen molar-refractivity contribution < 1.29 is 19.0 Å². The molecular formula is C25H26N6O4. The molecule has 0 aliphatic heterocycles. The molecule has 1 amide bonds. The Hall–Kier alpha value is -4.60. The van der Waals surface area contributed by atoms with Crippen molar-refractivity contribution in [2.24, 2.45) is 0 Å². The van der Waals surface area contributed by atoms with Crippen LogP contribution in [0.25, 0.3) is 0 Å². The second-order valence-corrected chi connectivity index (χ2v) is 7.53. The van der Waals surface area contributed by atoms with E-state index >= 15 is 0 Å². The van der Waals surface area contributed by atoms with Gasteiger partial charge in [-0.25, -0.2) is 9.67 Å². The van der Waals surface area contributed by atoms with E-state index in [1.807, 2.05) is 24.3 Å². The summed E-state index contributed by atoms with van der Waals surface area (Å²) in [7, 11) is 4.78. The second-order valence-electron chi connectivity index (χ2n) is 7.53. The Morgan fingerprint density at radius 3 is 2.49 bits per heavy atom. The van der Waals surface area contributed by atoms with Gasteiger partial charge in [-0.05, 0) is 42.0 Å². The Morgan fingerprint density at radius 2 is 1.74 bits per heavy atom. The monoisotopic (exact) mass is 474 g/mol. The van der Waals surface area contributed by atoms with Crippen molar-refractivity contribution in [2.75, 3.05) is 26.6 Å². The number of rotatable bonds is 10. The van der Waals surface area contributed by atoms with E-state index in [9.17, 15) is 4.79 Å². The number of carbonyl (C=O) groups excluding carboxylic acids is 1. The van der Waals surface area contributed by atoms with E-state index in [2.05, 4.69) is 25.9 Å². The van der Waals surface area contributed by atoms with Crippen LogP contribution in [0.2, 0.25) is 0 Å². The molecule has 0 spiro atoms. The first-order valence-corrected chi connectivity index (χ1v) is 10.8. The second kappa shape index (κ2) is 11.0. The number of nitrogens with zero attached hydrogens (tertiary/aromatic N) is 4. The molecule has 0 atom stereocenters. The van der Waals surface area contributed by atoms with E-state index in [4.69, 9.17) is 14.2 Å². The Morgan fingerprint density at radius 1 is 0.971 bits per heavy atom. The van der Waals surface area contributed by atoms with E-state index in [0.29, 0.717) is 40.8 Å². The SMILES string of the molecule is COc1ccc(Cn2cc(CNC(=O)c3cccnc3Nc3ccc(OC)cc3OC)nn2)cc1. The van der Waals surface area contributed by atoms with Gasteiger partial charge in [0.05, 0.1) is 51.9 Å². The smallest absolute Gasteiger partial charge is 0.255 e. The summed E-state index contributed by atoms with van der Waals surface area (Å²) in [5.41, 5.74) is 2.74. The average Bonchev–Trinajstić information content (AvgIpc) is 3.35. The topological polar surface area (TPSA) is 112 Å². The van der Waals surface area contributed by atoms with Gasteiger partial charge in [-0.3, -0.25) is 4.79 Å². The van der Waals surface area contributed by atoms with Crippen molar-refractivity contribution in [1.29, 1.82) is 0 Å². The highest BCUT2D eigenvalue weighted by molar-refractivity contribution is 5.99. The number of methoxy groups -OCH3 is 3. The largest absolute Gasteiger partial charge is 0.497 e. The zero-order valence-electron chi connectivity index (χ0n) is 19.7. The van der Waals surface area contributed by atoms with Crippen molar-refractivity contribution >= 4 is 17.4 Å². The molecule has 0 bridgehead atoms. The number of nitrogens with one attached hydrogen (secondary N) is 2. The molecule has 2 N–H and O–H groups in total. The number of aromatic nitrogens is 4. The van der Waals surface area contributed by atoms with E-state index in [0.717, 1.165) is 11.3 Å². The summed E-state index contributed by atoms with van der Waals surface area (Å²) in [6.45, 7) is 0.785. The van der Waals surface area contributed by atoms with E-state index < -0.39 is 0 Å². The third-order valence-corrected chi connectivity index (χ3v) is 5.23. The average molecular weight is 475 g/mol. The van der Waals surface area contributed by atoms with Gasteiger partial charge in [0.1, 0.15) is 28.8 Å². The van der Waals surface area contributed by atoms with Crippen molar-refractivity contribution in [1.82, 2.24) is 25.3 Å². The summed E-state index contributed by atoms with van der Waals surface area (Å²) in [4.78, 5) is 17.3. The number of anilines is 2. The molecule has 2 aromatic carbocycles. The predicted octanol–water partition coefficient (Wildman–Crippen LogP) is 3.42. The number of amides is 1. The first kappa shape index (κ1) is 23.6. The van der Waals surface area contributed by atoms with Gasteiger partial charge >= 0.3 is 0 Å².